The van der Waals surface area contributed by atoms with Crippen LogP contribution in [0.2, 0.25) is 0 Å². The molecule has 1 rings (SSSR count). The van der Waals surface area contributed by atoms with Crippen molar-refractivity contribution in [3.05, 3.63) is 16.5 Å². The molecule has 0 unspecified atom stereocenters. The van der Waals surface area contributed by atoms with Gasteiger partial charge in [0.2, 0.25) is 10.0 Å². The molecule has 7 heteroatoms. The van der Waals surface area contributed by atoms with Crippen molar-refractivity contribution in [3.8, 4) is 0 Å². The molecule has 3 N–H and O–H groups in total. The number of thiophene rings is 1. The molecule has 5 nitrogen and oxygen atoms in total. The number of sulfonamides is 1. The standard InChI is InChI=1S/C8H11NO4S2/c1-2-3-5-4-6(15(9,12)13)14-7(5)8(10)11/h4H,2-3H2,1H3,(H,10,11)(H2,9,12,13). The number of nitrogens with two attached hydrogens (primary N) is 1. The number of hydrogen-bond acceptors (Lipinski definition) is 4. The predicted molar refractivity (Wildman–Crippen MR) is 56.6 cm³/mol. The monoisotopic (exact) mass is 249 g/mol. The van der Waals surface area contributed by atoms with E-state index in [9.17, 15) is 13.2 Å². The molecule has 15 heavy (non-hydrogen) atoms. The van der Waals surface area contributed by atoms with Gasteiger partial charge in [0, 0.05) is 0 Å². The Balaban J connectivity index is 3.27. The Morgan fingerprint density at radius 2 is 2.20 bits per heavy atom. The van der Waals surface area contributed by atoms with Crippen LogP contribution >= 0.6 is 11.3 Å². The third-order valence-electron chi connectivity index (χ3n) is 1.78. The second kappa shape index (κ2) is 4.30. The van der Waals surface area contributed by atoms with Crippen molar-refractivity contribution in [2.45, 2.75) is 24.0 Å². The van der Waals surface area contributed by atoms with Gasteiger partial charge in [-0.05, 0) is 18.1 Å². The third kappa shape index (κ3) is 2.77. The molecule has 0 aliphatic rings. The summed E-state index contributed by atoms with van der Waals surface area (Å²) in [6, 6.07) is 1.34. The molecule has 0 bridgehead atoms. The van der Waals surface area contributed by atoms with Crippen molar-refractivity contribution < 1.29 is 18.3 Å². The predicted octanol–water partition coefficient (Wildman–Crippen LogP) is 1.05. The summed E-state index contributed by atoms with van der Waals surface area (Å²) in [4.78, 5) is 10.9. The van der Waals surface area contributed by atoms with Gasteiger partial charge in [0.05, 0.1) is 0 Å². The smallest absolute Gasteiger partial charge is 0.346 e. The maximum Gasteiger partial charge on any atom is 0.346 e. The lowest BCUT2D eigenvalue weighted by atomic mass is 10.1. The fraction of sp³-hybridized carbons (Fsp3) is 0.375. The summed E-state index contributed by atoms with van der Waals surface area (Å²) in [5.41, 5.74) is 0.527. The number of carboxylic acids is 1. The number of primary sulfonamides is 1. The average molecular weight is 249 g/mol. The molecular weight excluding hydrogens is 238 g/mol. The lowest BCUT2D eigenvalue weighted by Gasteiger charge is -1.94. The second-order valence-electron chi connectivity index (χ2n) is 3.02. The van der Waals surface area contributed by atoms with Crippen molar-refractivity contribution in [1.29, 1.82) is 0 Å². The van der Waals surface area contributed by atoms with Gasteiger partial charge >= 0.3 is 5.97 Å². The van der Waals surface area contributed by atoms with Crippen LogP contribution < -0.4 is 5.14 Å². The van der Waals surface area contributed by atoms with Crippen LogP contribution in [0, 0.1) is 0 Å². The quantitative estimate of drug-likeness (QED) is 0.833. The minimum atomic E-state index is -3.80. The molecule has 1 aromatic rings. The fourth-order valence-electron chi connectivity index (χ4n) is 1.18. The molecule has 0 radical (unpaired) electrons. The maximum absolute atomic E-state index is 11.0. The van der Waals surface area contributed by atoms with Crippen LogP contribution in [0.1, 0.15) is 28.6 Å². The van der Waals surface area contributed by atoms with Crippen molar-refractivity contribution in [3.63, 3.8) is 0 Å². The van der Waals surface area contributed by atoms with Gasteiger partial charge in [-0.25, -0.2) is 18.4 Å². The van der Waals surface area contributed by atoms with E-state index in [1.165, 1.54) is 6.07 Å². The van der Waals surface area contributed by atoms with Crippen molar-refractivity contribution >= 4 is 27.3 Å². The van der Waals surface area contributed by atoms with E-state index < -0.39 is 16.0 Å². The van der Waals surface area contributed by atoms with E-state index >= 15 is 0 Å². The lowest BCUT2D eigenvalue weighted by molar-refractivity contribution is 0.0701. The molecule has 0 aliphatic heterocycles. The Morgan fingerprint density at radius 3 is 2.60 bits per heavy atom. The summed E-state index contributed by atoms with van der Waals surface area (Å²) < 4.78 is 21.9. The molecule has 0 saturated carbocycles. The Labute approximate surface area is 91.6 Å². The van der Waals surface area contributed by atoms with Gasteiger partial charge in [-0.3, -0.25) is 0 Å². The highest BCUT2D eigenvalue weighted by atomic mass is 32.2. The summed E-state index contributed by atoms with van der Waals surface area (Å²) >= 11 is 0.702. The van der Waals surface area contributed by atoms with Crippen LogP contribution in [-0.4, -0.2) is 19.5 Å². The number of hydrogen-bond donors (Lipinski definition) is 2. The normalized spacial score (nSPS) is 11.6. The zero-order valence-corrected chi connectivity index (χ0v) is 9.69. The van der Waals surface area contributed by atoms with Crippen LogP contribution in [-0.2, 0) is 16.4 Å². The van der Waals surface area contributed by atoms with Crippen LogP contribution in [0.4, 0.5) is 0 Å². The zero-order valence-electron chi connectivity index (χ0n) is 8.06. The maximum atomic E-state index is 11.0. The van der Waals surface area contributed by atoms with Crippen molar-refractivity contribution in [2.75, 3.05) is 0 Å². The van der Waals surface area contributed by atoms with Crippen LogP contribution in [0.5, 0.6) is 0 Å². The Bertz CT molecular complexity index is 475. The highest BCUT2D eigenvalue weighted by Gasteiger charge is 2.19. The van der Waals surface area contributed by atoms with E-state index in [-0.39, 0.29) is 9.09 Å². The minimum absolute atomic E-state index is 0.0564. The molecule has 0 saturated heterocycles. The molecule has 0 spiro atoms. The van der Waals surface area contributed by atoms with Crippen LogP contribution in [0.25, 0.3) is 0 Å². The highest BCUT2D eigenvalue weighted by Crippen LogP contribution is 2.26. The van der Waals surface area contributed by atoms with E-state index in [2.05, 4.69) is 0 Å². The first-order valence-corrected chi connectivity index (χ1v) is 6.61. The van der Waals surface area contributed by atoms with Gasteiger partial charge in [0.15, 0.2) is 0 Å². The number of carboxylic acid groups (broad SMARTS) is 1. The molecule has 0 fully saturated rings. The van der Waals surface area contributed by atoms with Crippen LogP contribution in [0.3, 0.4) is 0 Å². The van der Waals surface area contributed by atoms with E-state index in [0.29, 0.717) is 23.3 Å². The first-order chi connectivity index (χ1) is 6.86. The van der Waals surface area contributed by atoms with Gasteiger partial charge in [0.25, 0.3) is 0 Å². The topological polar surface area (TPSA) is 97.5 Å². The van der Waals surface area contributed by atoms with E-state index in [0.717, 1.165) is 6.42 Å². The van der Waals surface area contributed by atoms with Crippen molar-refractivity contribution in [1.82, 2.24) is 0 Å². The van der Waals surface area contributed by atoms with Gasteiger partial charge in [-0.2, -0.15) is 0 Å². The molecule has 0 amide bonds. The molecular formula is C8H11NO4S2. The van der Waals surface area contributed by atoms with Crippen molar-refractivity contribution in [2.24, 2.45) is 5.14 Å². The molecule has 0 aromatic carbocycles. The Kier molecular flexibility index (Phi) is 3.48. The van der Waals surface area contributed by atoms with E-state index in [1.807, 2.05) is 6.92 Å². The first kappa shape index (κ1) is 12.2. The SMILES string of the molecule is CCCc1cc(S(N)(=O)=O)sc1C(=O)O. The average Bonchev–Trinajstić information content (AvgIpc) is 2.48. The number of aryl methyl sites for hydroxylation is 1. The van der Waals surface area contributed by atoms with E-state index in [1.54, 1.807) is 0 Å². The molecule has 0 aliphatic carbocycles. The molecule has 0 atom stereocenters. The van der Waals surface area contributed by atoms with E-state index in [4.69, 9.17) is 10.2 Å². The largest absolute Gasteiger partial charge is 0.477 e. The molecule has 84 valence electrons. The molecule has 1 aromatic heterocycles. The summed E-state index contributed by atoms with van der Waals surface area (Å²) in [6.45, 7) is 1.89. The fourth-order valence-corrected chi connectivity index (χ4v) is 2.98. The number of rotatable bonds is 4. The first-order valence-electron chi connectivity index (χ1n) is 4.25. The summed E-state index contributed by atoms with van der Waals surface area (Å²) in [7, 11) is -3.80. The van der Waals surface area contributed by atoms with Gasteiger partial charge in [-0.1, -0.05) is 13.3 Å². The van der Waals surface area contributed by atoms with Gasteiger partial charge in [-0.15, -0.1) is 11.3 Å². The number of aromatic carboxylic acids is 1. The summed E-state index contributed by atoms with van der Waals surface area (Å²) in [5, 5.41) is 13.8. The third-order valence-corrected chi connectivity index (χ3v) is 4.37. The van der Waals surface area contributed by atoms with Crippen LogP contribution in [0.15, 0.2) is 10.3 Å². The summed E-state index contributed by atoms with van der Waals surface area (Å²) in [6.07, 6.45) is 1.29. The number of carbonyl (C=O) groups is 1. The Hall–Kier alpha value is -0.920. The second-order valence-corrected chi connectivity index (χ2v) is 5.86. The minimum Gasteiger partial charge on any atom is -0.477 e. The molecule has 1 heterocycles. The summed E-state index contributed by atoms with van der Waals surface area (Å²) in [5.74, 6) is -1.11. The van der Waals surface area contributed by atoms with Gasteiger partial charge in [0.1, 0.15) is 9.09 Å². The van der Waals surface area contributed by atoms with Gasteiger partial charge < -0.3 is 5.11 Å². The highest BCUT2D eigenvalue weighted by molar-refractivity contribution is 7.91. The Morgan fingerprint density at radius 1 is 1.60 bits per heavy atom. The zero-order chi connectivity index (χ0) is 11.6. The lowest BCUT2D eigenvalue weighted by Crippen LogP contribution is -2.10.